The van der Waals surface area contributed by atoms with Gasteiger partial charge in [0.25, 0.3) is 0 Å². The maximum Gasteiger partial charge on any atom is 0.417 e. The molecule has 8 heteroatoms. The predicted octanol–water partition coefficient (Wildman–Crippen LogP) is 4.30. The zero-order valence-electron chi connectivity index (χ0n) is 14.3. The lowest BCUT2D eigenvalue weighted by molar-refractivity contribution is -0.137. The molecule has 1 N–H and O–H groups in total. The largest absolute Gasteiger partial charge is 0.491 e. The first-order valence-electron chi connectivity index (χ1n) is 7.92. The Bertz CT molecular complexity index is 717. The first-order chi connectivity index (χ1) is 12.2. The van der Waals surface area contributed by atoms with Gasteiger partial charge in [0.1, 0.15) is 5.75 Å². The molecule has 0 saturated heterocycles. The monoisotopic (exact) mass is 384 g/mol. The van der Waals surface area contributed by atoms with Crippen LogP contribution in [0.3, 0.4) is 0 Å². The van der Waals surface area contributed by atoms with E-state index in [2.05, 4.69) is 10.3 Å². The van der Waals surface area contributed by atoms with E-state index in [0.717, 1.165) is 35.3 Å². The molecule has 26 heavy (non-hydrogen) atoms. The second kappa shape index (κ2) is 8.93. The quantitative estimate of drug-likeness (QED) is 0.724. The number of aromatic nitrogens is 1. The molecule has 0 unspecified atom stereocenters. The fraction of sp³-hybridized carbons (Fsp3) is 0.333. The molecular formula is C18H19F3N2O2S. The molecule has 2 rings (SSSR count). The lowest BCUT2D eigenvalue weighted by atomic mass is 10.2. The minimum atomic E-state index is -4.41. The molecule has 4 nitrogen and oxygen atoms in total. The summed E-state index contributed by atoms with van der Waals surface area (Å²) in [4.78, 5) is 15.6. The number of alkyl halides is 3. The molecule has 2 aromatic rings. The van der Waals surface area contributed by atoms with Gasteiger partial charge in [-0.15, -0.1) is 0 Å². The fourth-order valence-electron chi connectivity index (χ4n) is 1.98. The third-order valence-electron chi connectivity index (χ3n) is 3.20. The van der Waals surface area contributed by atoms with Gasteiger partial charge in [-0.25, -0.2) is 4.98 Å². The molecule has 1 amide bonds. The highest BCUT2D eigenvalue weighted by Crippen LogP contribution is 2.29. The van der Waals surface area contributed by atoms with E-state index < -0.39 is 11.7 Å². The molecule has 0 atom stereocenters. The van der Waals surface area contributed by atoms with Gasteiger partial charge in [-0.05, 0) is 43.7 Å². The Balaban J connectivity index is 1.76. The maximum atomic E-state index is 12.5. The average Bonchev–Trinajstić information content (AvgIpc) is 2.58. The van der Waals surface area contributed by atoms with Crippen molar-refractivity contribution in [3.63, 3.8) is 0 Å². The van der Waals surface area contributed by atoms with Crippen molar-refractivity contribution in [1.82, 2.24) is 10.3 Å². The zero-order valence-corrected chi connectivity index (χ0v) is 15.2. The highest BCUT2D eigenvalue weighted by molar-refractivity contribution is 7.99. The highest BCUT2D eigenvalue weighted by atomic mass is 32.2. The molecule has 0 fully saturated rings. The number of ether oxygens (including phenoxy) is 1. The summed E-state index contributed by atoms with van der Waals surface area (Å²) in [5.74, 6) is 0.616. The second-order valence-corrected chi connectivity index (χ2v) is 6.75. The topological polar surface area (TPSA) is 51.2 Å². The first kappa shape index (κ1) is 20.1. The minimum absolute atomic E-state index is 0.0763. The summed E-state index contributed by atoms with van der Waals surface area (Å²) in [6, 6.07) is 9.61. The lowest BCUT2D eigenvalue weighted by Crippen LogP contribution is -2.24. The summed E-state index contributed by atoms with van der Waals surface area (Å²) in [7, 11) is 0. The van der Waals surface area contributed by atoms with Gasteiger partial charge in [-0.2, -0.15) is 13.2 Å². The van der Waals surface area contributed by atoms with Crippen molar-refractivity contribution in [2.75, 3.05) is 5.75 Å². The molecule has 0 aliphatic carbocycles. The van der Waals surface area contributed by atoms with Gasteiger partial charge in [-0.3, -0.25) is 4.79 Å². The number of halogens is 3. The Morgan fingerprint density at radius 1 is 1.19 bits per heavy atom. The van der Waals surface area contributed by atoms with Crippen LogP contribution in [0, 0.1) is 0 Å². The number of hydrogen-bond donors (Lipinski definition) is 1. The number of pyridine rings is 1. The summed E-state index contributed by atoms with van der Waals surface area (Å²) in [6.45, 7) is 4.25. The smallest absolute Gasteiger partial charge is 0.417 e. The molecule has 1 aromatic heterocycles. The second-order valence-electron chi connectivity index (χ2n) is 5.76. The lowest BCUT2D eigenvalue weighted by Gasteiger charge is -2.10. The molecule has 0 bridgehead atoms. The Morgan fingerprint density at radius 2 is 1.88 bits per heavy atom. The Morgan fingerprint density at radius 3 is 2.42 bits per heavy atom. The van der Waals surface area contributed by atoms with Crippen LogP contribution < -0.4 is 10.1 Å². The van der Waals surface area contributed by atoms with Crippen LogP contribution in [0.15, 0.2) is 47.6 Å². The number of carbonyl (C=O) groups is 1. The van der Waals surface area contributed by atoms with Crippen molar-refractivity contribution in [3.05, 3.63) is 53.7 Å². The van der Waals surface area contributed by atoms with Crippen LogP contribution in [0.25, 0.3) is 0 Å². The summed E-state index contributed by atoms with van der Waals surface area (Å²) in [5.41, 5.74) is 0.114. The molecule has 1 aromatic carbocycles. The number of nitrogens with zero attached hydrogens (tertiary/aromatic N) is 1. The van der Waals surface area contributed by atoms with Gasteiger partial charge in [0.2, 0.25) is 5.91 Å². The number of nitrogens with one attached hydrogen (secondary N) is 1. The van der Waals surface area contributed by atoms with E-state index in [9.17, 15) is 18.0 Å². The van der Waals surface area contributed by atoms with E-state index in [4.69, 9.17) is 4.74 Å². The summed E-state index contributed by atoms with van der Waals surface area (Å²) in [6.07, 6.45) is -3.55. The molecule has 1 heterocycles. The maximum absolute atomic E-state index is 12.5. The van der Waals surface area contributed by atoms with Crippen molar-refractivity contribution in [3.8, 4) is 5.75 Å². The van der Waals surface area contributed by atoms with Crippen molar-refractivity contribution in [2.45, 2.75) is 37.7 Å². The van der Waals surface area contributed by atoms with Crippen LogP contribution in [-0.4, -0.2) is 22.7 Å². The number of hydrogen-bond acceptors (Lipinski definition) is 4. The van der Waals surface area contributed by atoms with Crippen LogP contribution in [0.5, 0.6) is 5.75 Å². The molecule has 0 saturated carbocycles. The number of benzene rings is 1. The standard InChI is InChI=1S/C18H19F3N2O2S/c1-12(2)25-15-6-3-13(4-7-15)9-22-16(24)11-26-17-8-5-14(10-23-17)18(19,20)21/h3-8,10,12H,9,11H2,1-2H3,(H,22,24). The molecule has 0 aliphatic heterocycles. The minimum Gasteiger partial charge on any atom is -0.491 e. The fourth-order valence-corrected chi connectivity index (χ4v) is 2.66. The van der Waals surface area contributed by atoms with Crippen LogP contribution in [0.1, 0.15) is 25.0 Å². The SMILES string of the molecule is CC(C)Oc1ccc(CNC(=O)CSc2ccc(C(F)(F)F)cn2)cc1. The van der Waals surface area contributed by atoms with Crippen molar-refractivity contribution < 1.29 is 22.7 Å². The number of rotatable bonds is 7. The van der Waals surface area contributed by atoms with E-state index in [1.54, 1.807) is 0 Å². The Hall–Kier alpha value is -2.22. The van der Waals surface area contributed by atoms with E-state index in [1.165, 1.54) is 6.07 Å². The number of carbonyl (C=O) groups excluding carboxylic acids is 1. The summed E-state index contributed by atoms with van der Waals surface area (Å²) >= 11 is 1.08. The number of thioether (sulfide) groups is 1. The molecule has 0 spiro atoms. The van der Waals surface area contributed by atoms with Gasteiger partial charge < -0.3 is 10.1 Å². The van der Waals surface area contributed by atoms with E-state index in [1.807, 2.05) is 38.1 Å². The zero-order chi connectivity index (χ0) is 19.2. The van der Waals surface area contributed by atoms with Gasteiger partial charge in [0, 0.05) is 12.7 Å². The highest BCUT2D eigenvalue weighted by Gasteiger charge is 2.30. The van der Waals surface area contributed by atoms with Crippen LogP contribution >= 0.6 is 11.8 Å². The Kier molecular flexibility index (Phi) is 6.90. The normalized spacial score (nSPS) is 11.5. The number of amides is 1. The molecular weight excluding hydrogens is 365 g/mol. The third kappa shape index (κ3) is 6.59. The summed E-state index contributed by atoms with van der Waals surface area (Å²) < 4.78 is 42.9. The summed E-state index contributed by atoms with van der Waals surface area (Å²) in [5, 5.41) is 3.12. The van der Waals surface area contributed by atoms with Gasteiger partial charge in [-0.1, -0.05) is 23.9 Å². The van der Waals surface area contributed by atoms with Crippen molar-refractivity contribution in [1.29, 1.82) is 0 Å². The van der Waals surface area contributed by atoms with Crippen LogP contribution in [0.2, 0.25) is 0 Å². The van der Waals surface area contributed by atoms with Gasteiger partial charge >= 0.3 is 6.18 Å². The third-order valence-corrected chi connectivity index (χ3v) is 4.14. The molecule has 140 valence electrons. The van der Waals surface area contributed by atoms with Crippen molar-refractivity contribution in [2.24, 2.45) is 0 Å². The predicted molar refractivity (Wildman–Crippen MR) is 94.0 cm³/mol. The average molecular weight is 384 g/mol. The van der Waals surface area contributed by atoms with Crippen molar-refractivity contribution >= 4 is 17.7 Å². The van der Waals surface area contributed by atoms with E-state index in [-0.39, 0.29) is 17.8 Å². The molecule has 0 aliphatic rings. The van der Waals surface area contributed by atoms with Gasteiger partial charge in [0.05, 0.1) is 22.4 Å². The van der Waals surface area contributed by atoms with E-state index >= 15 is 0 Å². The first-order valence-corrected chi connectivity index (χ1v) is 8.91. The van der Waals surface area contributed by atoms with Crippen LogP contribution in [-0.2, 0) is 17.5 Å². The van der Waals surface area contributed by atoms with Crippen LogP contribution in [0.4, 0.5) is 13.2 Å². The molecule has 0 radical (unpaired) electrons. The Labute approximate surface area is 154 Å². The van der Waals surface area contributed by atoms with Gasteiger partial charge in [0.15, 0.2) is 0 Å². The van der Waals surface area contributed by atoms with E-state index in [0.29, 0.717) is 11.6 Å².